The summed E-state index contributed by atoms with van der Waals surface area (Å²) in [5.74, 6) is 1.11. The second kappa shape index (κ2) is 12.4. The normalized spacial score (nSPS) is 12.2. The van der Waals surface area contributed by atoms with E-state index in [2.05, 4.69) is 10.3 Å². The lowest BCUT2D eigenvalue weighted by atomic mass is 10.1. The molecule has 1 aromatic carbocycles. The minimum Gasteiger partial charge on any atom is -0.390 e. The number of rotatable bonds is 12. The van der Waals surface area contributed by atoms with Gasteiger partial charge in [0.1, 0.15) is 16.8 Å². The molecule has 0 fully saturated rings. The Morgan fingerprint density at radius 2 is 1.86 bits per heavy atom. The SMILES string of the molecule is CC(=O)Nc1cc(CC(c2ccsc2N)S(=O)(=O)Oc2ccc(N(CCCl)CCCl)cc2)ccn1. The van der Waals surface area contributed by atoms with Crippen molar-refractivity contribution in [2.45, 2.75) is 18.6 Å². The van der Waals surface area contributed by atoms with Crippen molar-refractivity contribution in [2.24, 2.45) is 0 Å². The minimum atomic E-state index is -4.15. The number of nitrogens with one attached hydrogen (secondary N) is 1. The van der Waals surface area contributed by atoms with E-state index in [1.807, 2.05) is 4.90 Å². The van der Waals surface area contributed by atoms with E-state index < -0.39 is 15.4 Å². The Balaban J connectivity index is 1.87. The number of carbonyl (C=O) groups excluding carboxylic acids is 1. The number of nitrogens with zero attached hydrogens (tertiary/aromatic N) is 2. The third kappa shape index (κ3) is 7.47. The van der Waals surface area contributed by atoms with Crippen molar-refractivity contribution in [1.82, 2.24) is 4.98 Å². The van der Waals surface area contributed by atoms with Gasteiger partial charge in [0.15, 0.2) is 0 Å². The maximum Gasteiger partial charge on any atom is 0.316 e. The highest BCUT2D eigenvalue weighted by Gasteiger charge is 2.32. The summed E-state index contributed by atoms with van der Waals surface area (Å²) in [6.07, 6.45) is 1.59. The number of benzene rings is 1. The molecule has 1 amide bonds. The van der Waals surface area contributed by atoms with Gasteiger partial charge in [-0.3, -0.25) is 4.79 Å². The van der Waals surface area contributed by atoms with Crippen LogP contribution in [0.15, 0.2) is 54.0 Å². The van der Waals surface area contributed by atoms with E-state index in [0.29, 0.717) is 46.8 Å². The Morgan fingerprint density at radius 3 is 2.43 bits per heavy atom. The molecular weight excluding hydrogens is 531 g/mol. The van der Waals surface area contributed by atoms with Crippen LogP contribution in [0.25, 0.3) is 0 Å². The molecule has 0 aliphatic carbocycles. The van der Waals surface area contributed by atoms with E-state index in [-0.39, 0.29) is 18.1 Å². The number of nitrogens with two attached hydrogens (primary N) is 1. The maximum absolute atomic E-state index is 13.4. The van der Waals surface area contributed by atoms with Gasteiger partial charge in [0.25, 0.3) is 0 Å². The number of aromatic nitrogens is 1. The van der Waals surface area contributed by atoms with Crippen LogP contribution in [0.3, 0.4) is 0 Å². The van der Waals surface area contributed by atoms with Crippen molar-refractivity contribution in [1.29, 1.82) is 0 Å². The van der Waals surface area contributed by atoms with Crippen molar-refractivity contribution in [2.75, 3.05) is 40.8 Å². The zero-order chi connectivity index (χ0) is 25.4. The van der Waals surface area contributed by atoms with Crippen molar-refractivity contribution in [3.8, 4) is 5.75 Å². The summed E-state index contributed by atoms with van der Waals surface area (Å²) in [6.45, 7) is 2.59. The van der Waals surface area contributed by atoms with Crippen molar-refractivity contribution in [3.63, 3.8) is 0 Å². The molecule has 2 heterocycles. The van der Waals surface area contributed by atoms with Crippen molar-refractivity contribution in [3.05, 3.63) is 65.2 Å². The van der Waals surface area contributed by atoms with Gasteiger partial charge in [-0.25, -0.2) is 4.98 Å². The first-order valence-corrected chi connectivity index (χ1v) is 14.1. The van der Waals surface area contributed by atoms with E-state index in [1.165, 1.54) is 24.5 Å². The number of hydrogen-bond acceptors (Lipinski definition) is 8. The van der Waals surface area contributed by atoms with E-state index in [9.17, 15) is 13.2 Å². The lowest BCUT2D eigenvalue weighted by Crippen LogP contribution is -2.27. The van der Waals surface area contributed by atoms with Crippen LogP contribution in [0.1, 0.15) is 23.3 Å². The average molecular weight is 558 g/mol. The van der Waals surface area contributed by atoms with Crippen LogP contribution < -0.4 is 20.1 Å². The second-order valence-electron chi connectivity index (χ2n) is 7.60. The van der Waals surface area contributed by atoms with E-state index in [0.717, 1.165) is 5.69 Å². The lowest BCUT2D eigenvalue weighted by molar-refractivity contribution is -0.114. The Hall–Kier alpha value is -2.53. The molecule has 3 aromatic rings. The first-order valence-electron chi connectivity index (χ1n) is 10.7. The molecule has 0 bridgehead atoms. The molecule has 8 nitrogen and oxygen atoms in total. The van der Waals surface area contributed by atoms with Gasteiger partial charge in [0.05, 0.1) is 5.00 Å². The van der Waals surface area contributed by atoms with Gasteiger partial charge in [0.2, 0.25) is 5.91 Å². The summed E-state index contributed by atoms with van der Waals surface area (Å²) < 4.78 is 32.4. The average Bonchev–Trinajstić information content (AvgIpc) is 3.22. The molecule has 0 spiro atoms. The molecule has 188 valence electrons. The number of halogens is 2. The van der Waals surface area contributed by atoms with Crippen LogP contribution in [-0.4, -0.2) is 44.2 Å². The molecule has 0 saturated carbocycles. The van der Waals surface area contributed by atoms with Crippen molar-refractivity contribution >= 4 is 67.1 Å². The minimum absolute atomic E-state index is 0.0790. The first-order chi connectivity index (χ1) is 16.7. The topological polar surface area (TPSA) is 115 Å². The molecule has 12 heteroatoms. The Bertz CT molecular complexity index is 1230. The fourth-order valence-corrected chi connectivity index (χ4v) is 6.11. The van der Waals surface area contributed by atoms with Gasteiger partial charge in [-0.15, -0.1) is 34.5 Å². The molecule has 0 aliphatic rings. The lowest BCUT2D eigenvalue weighted by Gasteiger charge is -2.23. The number of carbonyl (C=O) groups is 1. The van der Waals surface area contributed by atoms with Gasteiger partial charge in [-0.05, 0) is 59.8 Å². The molecule has 0 radical (unpaired) electrons. The highest BCUT2D eigenvalue weighted by atomic mass is 35.5. The summed E-state index contributed by atoms with van der Waals surface area (Å²) in [5, 5.41) is 3.67. The molecule has 3 N–H and O–H groups in total. The summed E-state index contributed by atoms with van der Waals surface area (Å²) in [4.78, 5) is 17.5. The summed E-state index contributed by atoms with van der Waals surface area (Å²) in [7, 11) is -4.15. The van der Waals surface area contributed by atoms with E-state index >= 15 is 0 Å². The molecule has 35 heavy (non-hydrogen) atoms. The summed E-state index contributed by atoms with van der Waals surface area (Å²) in [5.41, 5.74) is 8.06. The number of nitrogen functional groups attached to an aromatic ring is 1. The van der Waals surface area contributed by atoms with Crippen LogP contribution in [0, 0.1) is 0 Å². The molecule has 2 aromatic heterocycles. The van der Waals surface area contributed by atoms with E-state index in [1.54, 1.807) is 47.8 Å². The fourth-order valence-electron chi connectivity index (χ4n) is 3.51. The third-order valence-corrected chi connectivity index (χ3v) is 7.74. The predicted molar refractivity (Wildman–Crippen MR) is 143 cm³/mol. The van der Waals surface area contributed by atoms with Gasteiger partial charge in [-0.2, -0.15) is 8.42 Å². The zero-order valence-electron chi connectivity index (χ0n) is 19.0. The molecule has 0 aliphatic heterocycles. The summed E-state index contributed by atoms with van der Waals surface area (Å²) >= 11 is 13.0. The van der Waals surface area contributed by atoms with Crippen LogP contribution in [-0.2, 0) is 21.3 Å². The number of anilines is 3. The molecule has 1 unspecified atom stereocenters. The first kappa shape index (κ1) is 27.1. The number of pyridine rings is 1. The smallest absolute Gasteiger partial charge is 0.316 e. The second-order valence-corrected chi connectivity index (χ2v) is 11.0. The Kier molecular flexibility index (Phi) is 9.62. The molecule has 3 rings (SSSR count). The predicted octanol–water partition coefficient (Wildman–Crippen LogP) is 4.66. The van der Waals surface area contributed by atoms with Crippen LogP contribution in [0.5, 0.6) is 5.75 Å². The number of thiophene rings is 1. The van der Waals surface area contributed by atoms with Crippen LogP contribution in [0.2, 0.25) is 0 Å². The van der Waals surface area contributed by atoms with Gasteiger partial charge in [-0.1, -0.05) is 0 Å². The fraction of sp³-hybridized carbons (Fsp3) is 0.304. The number of alkyl halides is 2. The molecule has 1 atom stereocenters. The Labute approximate surface area is 219 Å². The summed E-state index contributed by atoms with van der Waals surface area (Å²) in [6, 6.07) is 11.7. The van der Waals surface area contributed by atoms with Gasteiger partial charge >= 0.3 is 10.1 Å². The number of hydrogen-bond donors (Lipinski definition) is 2. The zero-order valence-corrected chi connectivity index (χ0v) is 22.1. The van der Waals surface area contributed by atoms with Crippen LogP contribution in [0.4, 0.5) is 16.5 Å². The maximum atomic E-state index is 13.4. The number of amides is 1. The third-order valence-electron chi connectivity index (χ3n) is 5.10. The largest absolute Gasteiger partial charge is 0.390 e. The standard InChI is InChI=1S/C23H26Cl2N4O4S2/c1-16(30)28-22-15-17(6-10-27-22)14-21(20-7-13-34-23(20)26)35(31,32)33-19-4-2-18(3-5-19)29(11-8-24)12-9-25/h2-7,10,13,15,21H,8-9,11-12,14,26H2,1H3,(H,27,28,30). The Morgan fingerprint density at radius 1 is 1.17 bits per heavy atom. The van der Waals surface area contributed by atoms with E-state index in [4.69, 9.17) is 33.1 Å². The highest BCUT2D eigenvalue weighted by Crippen LogP contribution is 2.36. The quantitative estimate of drug-likeness (QED) is 0.246. The monoisotopic (exact) mass is 556 g/mol. The molecular formula is C23H26Cl2N4O4S2. The molecule has 0 saturated heterocycles. The van der Waals surface area contributed by atoms with Gasteiger partial charge in [0, 0.05) is 49.2 Å². The highest BCUT2D eigenvalue weighted by molar-refractivity contribution is 7.87. The van der Waals surface area contributed by atoms with Gasteiger partial charge < -0.3 is 20.1 Å². The van der Waals surface area contributed by atoms with Crippen LogP contribution >= 0.6 is 34.5 Å². The van der Waals surface area contributed by atoms with Crippen molar-refractivity contribution < 1.29 is 17.4 Å².